The zero-order valence-corrected chi connectivity index (χ0v) is 17.9. The Kier molecular flexibility index (Phi) is 8.42. The fraction of sp³-hybridized carbons (Fsp3) is 0.500. The monoisotopic (exact) mass is 433 g/mol. The van der Waals surface area contributed by atoms with Gasteiger partial charge >= 0.3 is 11.9 Å². The van der Waals surface area contributed by atoms with Crippen molar-refractivity contribution in [1.82, 2.24) is 5.32 Å². The summed E-state index contributed by atoms with van der Waals surface area (Å²) in [4.78, 5) is 36.4. The molecular weight excluding hydrogens is 406 g/mol. The van der Waals surface area contributed by atoms with Gasteiger partial charge in [-0.3, -0.25) is 9.59 Å². The third-order valence-corrected chi connectivity index (χ3v) is 5.17. The number of nitrogens with one attached hydrogen (secondary N) is 1. The van der Waals surface area contributed by atoms with Crippen LogP contribution in [0.2, 0.25) is 0 Å². The summed E-state index contributed by atoms with van der Waals surface area (Å²) in [5, 5.41) is 12.0. The molecule has 1 fully saturated rings. The highest BCUT2D eigenvalue weighted by Crippen LogP contribution is 2.35. The Morgan fingerprint density at radius 1 is 1.26 bits per heavy atom. The quantitative estimate of drug-likeness (QED) is 0.483. The van der Waals surface area contributed by atoms with E-state index in [1.165, 1.54) is 26.2 Å². The number of aliphatic hydroxyl groups excluding tert-OH is 1. The maximum atomic E-state index is 12.6. The van der Waals surface area contributed by atoms with E-state index in [1.807, 2.05) is 6.92 Å². The van der Waals surface area contributed by atoms with Crippen LogP contribution in [0.15, 0.2) is 18.2 Å². The molecule has 0 aromatic heterocycles. The fourth-order valence-electron chi connectivity index (χ4n) is 3.31. The number of ether oxygens (including phenoxy) is 4. The summed E-state index contributed by atoms with van der Waals surface area (Å²) in [6.07, 6.45) is 2.23. The average molecular weight is 433 g/mol. The number of esters is 2. The first-order valence-electron chi connectivity index (χ1n) is 9.76. The molecule has 31 heavy (non-hydrogen) atoms. The van der Waals surface area contributed by atoms with Crippen molar-refractivity contribution in [3.63, 3.8) is 0 Å². The van der Waals surface area contributed by atoms with Gasteiger partial charge in [0, 0.05) is 12.8 Å². The number of hydrogen-bond acceptors (Lipinski definition) is 8. The zero-order chi connectivity index (χ0) is 23.1. The fourth-order valence-corrected chi connectivity index (χ4v) is 3.31. The van der Waals surface area contributed by atoms with Crippen molar-refractivity contribution >= 4 is 17.8 Å². The molecule has 9 nitrogen and oxygen atoms in total. The van der Waals surface area contributed by atoms with Gasteiger partial charge in [0.25, 0.3) is 5.91 Å². The van der Waals surface area contributed by atoms with Crippen LogP contribution < -0.4 is 10.1 Å². The summed E-state index contributed by atoms with van der Waals surface area (Å²) in [5.41, 5.74) is 0.585. The van der Waals surface area contributed by atoms with E-state index in [1.54, 1.807) is 13.0 Å². The van der Waals surface area contributed by atoms with E-state index in [4.69, 9.17) is 25.4 Å². The highest BCUT2D eigenvalue weighted by atomic mass is 16.7. The summed E-state index contributed by atoms with van der Waals surface area (Å²) >= 11 is 0. The SMILES string of the molecule is C#CCNC(=O)c1cc(CO)ccc1O[C@@H]1O[C@H](C(=O)OC)[C@@H](C)[C@H](C)[C@H]1OC(C)=O. The van der Waals surface area contributed by atoms with E-state index in [0.29, 0.717) is 5.56 Å². The molecule has 1 heterocycles. The van der Waals surface area contributed by atoms with E-state index >= 15 is 0 Å². The molecule has 0 aliphatic carbocycles. The lowest BCUT2D eigenvalue weighted by atomic mass is 9.83. The number of aliphatic hydroxyl groups is 1. The second kappa shape index (κ2) is 10.8. The topological polar surface area (TPSA) is 120 Å². The van der Waals surface area contributed by atoms with Gasteiger partial charge in [0.2, 0.25) is 6.29 Å². The minimum atomic E-state index is -1.18. The molecule has 2 N–H and O–H groups in total. The molecule has 2 rings (SSSR count). The molecule has 0 spiro atoms. The van der Waals surface area contributed by atoms with Crippen LogP contribution in [0.4, 0.5) is 0 Å². The Labute approximate surface area is 181 Å². The number of rotatable bonds is 7. The van der Waals surface area contributed by atoms with Gasteiger partial charge < -0.3 is 29.4 Å². The van der Waals surface area contributed by atoms with Crippen molar-refractivity contribution in [2.45, 2.75) is 45.9 Å². The molecule has 1 aromatic carbocycles. The van der Waals surface area contributed by atoms with E-state index in [-0.39, 0.29) is 36.3 Å². The molecule has 0 radical (unpaired) electrons. The molecule has 0 bridgehead atoms. The maximum absolute atomic E-state index is 12.6. The third-order valence-electron chi connectivity index (χ3n) is 5.17. The summed E-state index contributed by atoms with van der Waals surface area (Å²) in [6, 6.07) is 4.51. The Hall–Kier alpha value is -3.09. The summed E-state index contributed by atoms with van der Waals surface area (Å²) in [5.74, 6) is 0.125. The van der Waals surface area contributed by atoms with Gasteiger partial charge in [-0.25, -0.2) is 4.79 Å². The molecule has 1 saturated heterocycles. The average Bonchev–Trinajstić information content (AvgIpc) is 2.76. The largest absolute Gasteiger partial charge is 0.467 e. The van der Waals surface area contributed by atoms with Crippen LogP contribution in [0.3, 0.4) is 0 Å². The first-order valence-corrected chi connectivity index (χ1v) is 9.76. The Morgan fingerprint density at radius 3 is 2.55 bits per heavy atom. The van der Waals surface area contributed by atoms with E-state index in [0.717, 1.165) is 0 Å². The third kappa shape index (κ3) is 5.75. The van der Waals surface area contributed by atoms with Crippen molar-refractivity contribution in [2.75, 3.05) is 13.7 Å². The van der Waals surface area contributed by atoms with Crippen LogP contribution in [-0.4, -0.2) is 55.1 Å². The second-order valence-electron chi connectivity index (χ2n) is 7.23. The Morgan fingerprint density at radius 2 is 1.97 bits per heavy atom. The summed E-state index contributed by atoms with van der Waals surface area (Å²) in [6.45, 7) is 4.56. The highest BCUT2D eigenvalue weighted by Gasteiger charge is 2.48. The van der Waals surface area contributed by atoms with Crippen LogP contribution in [0.1, 0.15) is 36.7 Å². The standard InChI is InChI=1S/C22H27NO8/c1-6-9-23-20(26)16-10-15(11-24)7-8-17(16)30-22-19(29-14(4)25)13(3)12(2)18(31-22)21(27)28-5/h1,7-8,10,12-13,18-19,22,24H,9,11H2,2-5H3,(H,23,26)/t12-,13-,18-,19+,22+/m0/s1. The summed E-state index contributed by atoms with van der Waals surface area (Å²) < 4.78 is 22.0. The number of carbonyl (C=O) groups is 3. The van der Waals surface area contributed by atoms with Crippen LogP contribution in [0.5, 0.6) is 5.75 Å². The van der Waals surface area contributed by atoms with Gasteiger partial charge in [0.1, 0.15) is 5.75 Å². The zero-order valence-electron chi connectivity index (χ0n) is 17.9. The number of amides is 1. The molecule has 1 amide bonds. The number of methoxy groups -OCH3 is 1. The molecule has 0 unspecified atom stereocenters. The molecule has 168 valence electrons. The first-order chi connectivity index (χ1) is 14.7. The normalized spacial score (nSPS) is 25.1. The van der Waals surface area contributed by atoms with Gasteiger partial charge in [0.15, 0.2) is 12.2 Å². The van der Waals surface area contributed by atoms with Gasteiger partial charge in [0.05, 0.1) is 25.8 Å². The molecule has 9 heteroatoms. The Bertz CT molecular complexity index is 862. The minimum absolute atomic E-state index is 0.00338. The van der Waals surface area contributed by atoms with Gasteiger partial charge in [-0.1, -0.05) is 25.8 Å². The molecule has 1 aliphatic rings. The molecule has 1 aromatic rings. The highest BCUT2D eigenvalue weighted by molar-refractivity contribution is 5.97. The number of hydrogen-bond donors (Lipinski definition) is 2. The van der Waals surface area contributed by atoms with Crippen LogP contribution in [0, 0.1) is 24.2 Å². The number of terminal acetylenes is 1. The lowest BCUT2D eigenvalue weighted by Crippen LogP contribution is -2.55. The predicted octanol–water partition coefficient (Wildman–Crippen LogP) is 1.02. The van der Waals surface area contributed by atoms with Crippen molar-refractivity contribution < 1.29 is 38.4 Å². The van der Waals surface area contributed by atoms with E-state index in [2.05, 4.69) is 11.2 Å². The van der Waals surface area contributed by atoms with Crippen molar-refractivity contribution in [1.29, 1.82) is 0 Å². The van der Waals surface area contributed by atoms with Gasteiger partial charge in [-0.2, -0.15) is 0 Å². The number of benzene rings is 1. The smallest absolute Gasteiger partial charge is 0.335 e. The number of carbonyl (C=O) groups excluding carboxylic acids is 3. The van der Waals surface area contributed by atoms with Gasteiger partial charge in [-0.05, 0) is 23.6 Å². The van der Waals surface area contributed by atoms with Gasteiger partial charge in [-0.15, -0.1) is 6.42 Å². The van der Waals surface area contributed by atoms with E-state index < -0.39 is 36.3 Å². The van der Waals surface area contributed by atoms with Crippen molar-refractivity contribution in [3.05, 3.63) is 29.3 Å². The summed E-state index contributed by atoms with van der Waals surface area (Å²) in [7, 11) is 1.25. The minimum Gasteiger partial charge on any atom is -0.467 e. The van der Waals surface area contributed by atoms with E-state index in [9.17, 15) is 19.5 Å². The maximum Gasteiger partial charge on any atom is 0.335 e. The van der Waals surface area contributed by atoms with Crippen molar-refractivity contribution in [2.24, 2.45) is 11.8 Å². The molecule has 5 atom stereocenters. The lowest BCUT2D eigenvalue weighted by molar-refractivity contribution is -0.248. The predicted molar refractivity (Wildman–Crippen MR) is 109 cm³/mol. The molecule has 1 aliphatic heterocycles. The Balaban J connectivity index is 2.41. The van der Waals surface area contributed by atoms with Crippen LogP contribution >= 0.6 is 0 Å². The van der Waals surface area contributed by atoms with Crippen LogP contribution in [0.25, 0.3) is 0 Å². The lowest BCUT2D eigenvalue weighted by Gasteiger charge is -2.42. The first kappa shape index (κ1) is 24.2. The molecule has 0 saturated carbocycles. The molecular formula is C22H27NO8. The second-order valence-corrected chi connectivity index (χ2v) is 7.23. The van der Waals surface area contributed by atoms with Crippen molar-refractivity contribution in [3.8, 4) is 18.1 Å². The van der Waals surface area contributed by atoms with Crippen LogP contribution in [-0.2, 0) is 30.4 Å².